The van der Waals surface area contributed by atoms with E-state index in [1.807, 2.05) is 31.2 Å². The first-order valence-electron chi connectivity index (χ1n) is 1.72. The Kier molecular flexibility index (Phi) is 316. The molecule has 0 heterocycles. The fourth-order valence-corrected chi connectivity index (χ4v) is 0. The van der Waals surface area contributed by atoms with Crippen LogP contribution in [0.3, 0.4) is 0 Å². The zero-order valence-electron chi connectivity index (χ0n) is 5.02. The Labute approximate surface area is 70.5 Å². The van der Waals surface area contributed by atoms with Crippen molar-refractivity contribution in [3.05, 3.63) is 12.8 Å². The Bertz CT molecular complexity index is 69.7. The molecule has 0 aromatic rings. The van der Waals surface area contributed by atoms with Crippen LogP contribution in [0, 0.1) is 24.7 Å². The van der Waals surface area contributed by atoms with Gasteiger partial charge in [0, 0.05) is 0 Å². The average molecular weight is 303 g/mol. The Morgan fingerprint density at radius 2 is 1.11 bits per heavy atom. The fraction of sp³-hybridized carbons (Fsp3) is 0.375. The van der Waals surface area contributed by atoms with E-state index in [4.69, 9.17) is 12.8 Å². The summed E-state index contributed by atoms with van der Waals surface area (Å²) < 4.78 is 0. The summed E-state index contributed by atoms with van der Waals surface area (Å²) in [5, 5.41) is 0. The molecule has 0 atom stereocenters. The van der Waals surface area contributed by atoms with E-state index >= 15 is 0 Å². The third-order valence-electron chi connectivity index (χ3n) is 0. The van der Waals surface area contributed by atoms with Gasteiger partial charge in [-0.3, -0.25) is 0 Å². The maximum atomic E-state index is 5.96. The van der Waals surface area contributed by atoms with Gasteiger partial charge >= 0.3 is 24.3 Å². The van der Waals surface area contributed by atoms with Crippen LogP contribution >= 0.6 is 0 Å². The normalized spacial score (nSPS) is 2.44. The van der Waals surface area contributed by atoms with Crippen molar-refractivity contribution in [2.24, 2.45) is 0 Å². The summed E-state index contributed by atoms with van der Waals surface area (Å²) in [6, 6.07) is 0. The molecule has 0 saturated heterocycles. The van der Waals surface area contributed by atoms with Gasteiger partial charge in [0.2, 0.25) is 0 Å². The van der Waals surface area contributed by atoms with Crippen molar-refractivity contribution in [3.8, 4) is 11.8 Å². The quantitative estimate of drug-likeness (QED) is 0.473. The molecule has 0 aromatic carbocycles. The van der Waals surface area contributed by atoms with Crippen LogP contribution in [0.25, 0.3) is 0 Å². The van der Waals surface area contributed by atoms with Crippen molar-refractivity contribution < 1.29 is 19.4 Å². The van der Waals surface area contributed by atoms with Gasteiger partial charge in [-0.25, -0.2) is 0 Å². The Hall–Kier alpha value is -0.322. The van der Waals surface area contributed by atoms with Gasteiger partial charge in [-0.1, -0.05) is 7.43 Å². The Morgan fingerprint density at radius 1 is 1.11 bits per heavy atom. The summed E-state index contributed by atoms with van der Waals surface area (Å²) in [5.41, 5.74) is 0. The van der Waals surface area contributed by atoms with Crippen LogP contribution in [-0.4, -0.2) is 4.90 Å². The minimum atomic E-state index is 0. The van der Waals surface area contributed by atoms with E-state index in [0.717, 1.165) is 0 Å². The van der Waals surface area contributed by atoms with Crippen LogP contribution in [-0.2, 0) is 19.4 Å². The molecule has 0 unspecified atom stereocenters. The first-order valence-corrected chi connectivity index (χ1v) is 3.33. The monoisotopic (exact) mass is 303 g/mol. The van der Waals surface area contributed by atoms with E-state index in [0.29, 0.717) is 0 Å². The summed E-state index contributed by atoms with van der Waals surface area (Å²) in [5.74, 6) is 4.00. The first kappa shape index (κ1) is 23.4. The number of hydrogen-bond acceptors (Lipinski definition) is 0. The van der Waals surface area contributed by atoms with Crippen molar-refractivity contribution in [1.82, 2.24) is 0 Å². The van der Waals surface area contributed by atoms with Gasteiger partial charge in [0.15, 0.2) is 0 Å². The molecule has 0 amide bonds. The van der Waals surface area contributed by atoms with E-state index in [-0.39, 0.29) is 7.43 Å². The maximum absolute atomic E-state index is 5.96. The van der Waals surface area contributed by atoms with Gasteiger partial charge in [-0.05, 0) is 13.8 Å². The van der Waals surface area contributed by atoms with Gasteiger partial charge in [-0.2, -0.15) is 0 Å². The third-order valence-corrected chi connectivity index (χ3v) is 0. The molecule has 0 aliphatic rings. The standard InChI is InChI=1S/2C3H3.CH4.CH2.Pt/c2*1-3-2;;;/h2*1H3;1H4;1H2;/q2*-1;;;. The fourth-order valence-electron chi connectivity index (χ4n) is 0. The molecule has 0 rings (SSSR count). The molecule has 1 heteroatoms. The second-order valence-electron chi connectivity index (χ2n) is 0.500. The second-order valence-corrected chi connectivity index (χ2v) is 0.500. The SMILES string of the molecule is C.[C-]#CC.[C-]#CC.[CH2]=[Pt]. The summed E-state index contributed by atoms with van der Waals surface area (Å²) >= 11 is 1.89. The zero-order chi connectivity index (χ0) is 7.41. The van der Waals surface area contributed by atoms with Gasteiger partial charge in [0.25, 0.3) is 0 Å². The Balaban J connectivity index is -0.0000000202. The van der Waals surface area contributed by atoms with Crippen molar-refractivity contribution in [2.45, 2.75) is 21.3 Å². The Morgan fingerprint density at radius 3 is 1.11 bits per heavy atom. The van der Waals surface area contributed by atoms with Crippen LogP contribution in [0.4, 0.5) is 0 Å². The summed E-state index contributed by atoms with van der Waals surface area (Å²) in [4.78, 5) is 3.22. The van der Waals surface area contributed by atoms with Gasteiger partial charge in [-0.15, -0.1) is 0 Å². The van der Waals surface area contributed by atoms with Gasteiger partial charge in [0.1, 0.15) is 0 Å². The summed E-state index contributed by atoms with van der Waals surface area (Å²) in [7, 11) is 0. The number of hydrogen-bond donors (Lipinski definition) is 0. The summed E-state index contributed by atoms with van der Waals surface area (Å²) in [6.07, 6.45) is 11.9. The summed E-state index contributed by atoms with van der Waals surface area (Å²) in [6.45, 7) is 3.08. The molecule has 0 spiro atoms. The van der Waals surface area contributed by atoms with Crippen LogP contribution in [0.1, 0.15) is 21.3 Å². The van der Waals surface area contributed by atoms with Crippen molar-refractivity contribution in [2.75, 3.05) is 0 Å². The molecule has 0 aromatic heterocycles. The minimum absolute atomic E-state index is 0. The van der Waals surface area contributed by atoms with E-state index in [9.17, 15) is 0 Å². The second kappa shape index (κ2) is 122. The van der Waals surface area contributed by atoms with Gasteiger partial charge < -0.3 is 24.7 Å². The molecular weight excluding hydrogens is 291 g/mol. The van der Waals surface area contributed by atoms with Crippen molar-refractivity contribution in [3.63, 3.8) is 0 Å². The molecule has 9 heavy (non-hydrogen) atoms. The first-order chi connectivity index (χ1) is 3.83. The van der Waals surface area contributed by atoms with Crippen LogP contribution < -0.4 is 0 Å². The molecule has 0 bridgehead atoms. The van der Waals surface area contributed by atoms with E-state index in [1.165, 1.54) is 0 Å². The molecule has 0 N–H and O–H groups in total. The van der Waals surface area contributed by atoms with E-state index in [2.05, 4.69) is 4.90 Å². The van der Waals surface area contributed by atoms with E-state index < -0.39 is 0 Å². The third kappa shape index (κ3) is 2390. The average Bonchev–Trinajstić information content (AvgIpc) is 1.75. The van der Waals surface area contributed by atoms with E-state index in [1.54, 1.807) is 13.8 Å². The molecular formula is C8H12Pt-2. The van der Waals surface area contributed by atoms with Crippen LogP contribution in [0.5, 0.6) is 0 Å². The topological polar surface area (TPSA) is 0 Å². The van der Waals surface area contributed by atoms with Crippen molar-refractivity contribution in [1.29, 1.82) is 0 Å². The van der Waals surface area contributed by atoms with Crippen molar-refractivity contribution >= 4 is 4.90 Å². The molecule has 0 fully saturated rings. The van der Waals surface area contributed by atoms with Crippen LogP contribution in [0.2, 0.25) is 0 Å². The molecule has 0 radical (unpaired) electrons. The van der Waals surface area contributed by atoms with Crippen LogP contribution in [0.15, 0.2) is 0 Å². The zero-order valence-corrected chi connectivity index (χ0v) is 7.30. The van der Waals surface area contributed by atoms with Gasteiger partial charge in [0.05, 0.1) is 0 Å². The molecule has 0 aliphatic carbocycles. The predicted molar refractivity (Wildman–Crippen MR) is 39.5 cm³/mol. The predicted octanol–water partition coefficient (Wildman–Crippen LogP) is 1.79. The molecule has 0 aliphatic heterocycles. The molecule has 0 nitrogen and oxygen atoms in total. The number of rotatable bonds is 0. The molecule has 56 valence electrons. The molecule has 0 saturated carbocycles.